The van der Waals surface area contributed by atoms with Gasteiger partial charge in [0, 0.05) is 24.7 Å². The van der Waals surface area contributed by atoms with Crippen LogP contribution in [0.3, 0.4) is 0 Å². The number of hydrogen-bond acceptors (Lipinski definition) is 3. The van der Waals surface area contributed by atoms with Crippen molar-refractivity contribution in [3.8, 4) is 5.75 Å². The Bertz CT molecular complexity index is 1220. The number of fused-ring (bicyclic) bond motifs is 1. The van der Waals surface area contributed by atoms with Crippen LogP contribution in [0.4, 0.5) is 17.6 Å². The van der Waals surface area contributed by atoms with E-state index in [0.29, 0.717) is 37.9 Å². The molecule has 1 spiro atoms. The Morgan fingerprint density at radius 2 is 1.82 bits per heavy atom. The summed E-state index contributed by atoms with van der Waals surface area (Å²) >= 11 is 5.82. The number of likely N-dealkylation sites (tertiary alicyclic amines) is 1. The van der Waals surface area contributed by atoms with Gasteiger partial charge in [-0.2, -0.15) is 13.2 Å². The molecule has 2 heterocycles. The first-order valence-electron chi connectivity index (χ1n) is 13.2. The second-order valence-corrected chi connectivity index (χ2v) is 11.6. The average Bonchev–Trinajstić information content (AvgIpc) is 3.70. The molecule has 2 fully saturated rings. The molecule has 0 radical (unpaired) electrons. The van der Waals surface area contributed by atoms with Gasteiger partial charge in [0.05, 0.1) is 16.5 Å². The number of carboxylic acid groups (broad SMARTS) is 1. The number of piperidine rings is 1. The van der Waals surface area contributed by atoms with Crippen molar-refractivity contribution in [3.63, 3.8) is 0 Å². The molecule has 2 aliphatic heterocycles. The predicted octanol–water partition coefficient (Wildman–Crippen LogP) is 7.63. The van der Waals surface area contributed by atoms with Gasteiger partial charge < -0.3 is 9.84 Å². The zero-order valence-corrected chi connectivity index (χ0v) is 22.2. The minimum atomic E-state index is -4.61. The van der Waals surface area contributed by atoms with Gasteiger partial charge in [-0.15, -0.1) is 0 Å². The van der Waals surface area contributed by atoms with E-state index in [1.165, 1.54) is 0 Å². The molecule has 0 aromatic heterocycles. The van der Waals surface area contributed by atoms with Crippen molar-refractivity contribution < 1.29 is 32.2 Å². The monoisotopic (exact) mass is 553 g/mol. The molecule has 2 aromatic rings. The minimum Gasteiger partial charge on any atom is -0.487 e. The average molecular weight is 554 g/mol. The number of hydrogen-bond donors (Lipinski definition) is 1. The van der Waals surface area contributed by atoms with Crippen molar-refractivity contribution in [2.45, 2.75) is 76.1 Å². The van der Waals surface area contributed by atoms with Crippen molar-refractivity contribution >= 4 is 17.6 Å². The number of rotatable bonds is 6. The smallest absolute Gasteiger partial charge is 0.416 e. The van der Waals surface area contributed by atoms with E-state index >= 15 is 0 Å². The number of carboxylic acids is 1. The summed E-state index contributed by atoms with van der Waals surface area (Å²) in [5.41, 5.74) is 0.691. The van der Waals surface area contributed by atoms with E-state index < -0.39 is 46.1 Å². The van der Waals surface area contributed by atoms with E-state index in [0.717, 1.165) is 48.6 Å². The molecular weight excluding hydrogens is 522 g/mol. The highest BCUT2D eigenvalue weighted by molar-refractivity contribution is 6.30. The lowest BCUT2D eigenvalue weighted by Crippen LogP contribution is -2.50. The molecule has 1 saturated carbocycles. The van der Waals surface area contributed by atoms with Gasteiger partial charge in [0.15, 0.2) is 0 Å². The molecule has 2 aromatic carbocycles. The highest BCUT2D eigenvalue weighted by Crippen LogP contribution is 2.49. The van der Waals surface area contributed by atoms with Crippen molar-refractivity contribution in [2.24, 2.45) is 11.8 Å². The third-order valence-corrected chi connectivity index (χ3v) is 9.08. The van der Waals surface area contributed by atoms with Gasteiger partial charge in [0.25, 0.3) is 0 Å². The van der Waals surface area contributed by atoms with Gasteiger partial charge in [0.2, 0.25) is 0 Å². The largest absolute Gasteiger partial charge is 0.487 e. The molecule has 5 rings (SSSR count). The molecule has 1 saturated heterocycles. The van der Waals surface area contributed by atoms with E-state index in [-0.39, 0.29) is 11.5 Å². The summed E-state index contributed by atoms with van der Waals surface area (Å²) in [7, 11) is 0. The van der Waals surface area contributed by atoms with E-state index in [2.05, 4.69) is 6.07 Å². The summed E-state index contributed by atoms with van der Waals surface area (Å²) in [6, 6.07) is 7.03. The van der Waals surface area contributed by atoms with Crippen molar-refractivity contribution in [1.29, 1.82) is 0 Å². The van der Waals surface area contributed by atoms with E-state index in [4.69, 9.17) is 16.3 Å². The minimum absolute atomic E-state index is 0.0452. The SMILES string of the molecule is CC(c1cc(C(F)(F)F)cc(Cl)c1F)N1CCC2(CCc3ccc(C(C4CC4)[C@H](C)C(=O)O)cc3O2)CC1. The Balaban J connectivity index is 1.31. The summed E-state index contributed by atoms with van der Waals surface area (Å²) in [6.07, 6.45) is 0.445. The fourth-order valence-electron chi connectivity index (χ4n) is 6.25. The highest BCUT2D eigenvalue weighted by atomic mass is 35.5. The molecule has 0 amide bonds. The van der Waals surface area contributed by atoms with Crippen molar-refractivity contribution in [2.75, 3.05) is 13.1 Å². The zero-order chi connectivity index (χ0) is 27.4. The molecule has 38 heavy (non-hydrogen) atoms. The van der Waals surface area contributed by atoms with Gasteiger partial charge in [-0.3, -0.25) is 9.69 Å². The third kappa shape index (κ3) is 5.26. The molecule has 1 aliphatic carbocycles. The van der Waals surface area contributed by atoms with Gasteiger partial charge in [-0.1, -0.05) is 30.7 Å². The van der Waals surface area contributed by atoms with E-state index in [1.54, 1.807) is 13.8 Å². The van der Waals surface area contributed by atoms with Crippen LogP contribution in [-0.4, -0.2) is 34.7 Å². The number of aryl methyl sites for hydroxylation is 1. The summed E-state index contributed by atoms with van der Waals surface area (Å²) in [5, 5.41) is 9.12. The van der Waals surface area contributed by atoms with Crippen LogP contribution in [0.15, 0.2) is 30.3 Å². The standard InChI is InChI=1S/C29H32ClF4NO3/c1-16(27(36)37)25(19-4-5-19)20-6-3-18-7-8-28(38-24(18)13-20)9-11-35(12-10-28)17(2)22-14-21(29(32,33)34)15-23(30)26(22)31/h3,6,13-17,19,25H,4-5,7-12H2,1-2H3,(H,36,37)/t16-,17?,25?/m0/s1. The van der Waals surface area contributed by atoms with Gasteiger partial charge >= 0.3 is 12.1 Å². The first kappa shape index (κ1) is 27.3. The summed E-state index contributed by atoms with van der Waals surface area (Å²) in [4.78, 5) is 13.7. The quantitative estimate of drug-likeness (QED) is 0.374. The fourth-order valence-corrected chi connectivity index (χ4v) is 6.48. The van der Waals surface area contributed by atoms with E-state index in [9.17, 15) is 27.5 Å². The Labute approximate surface area is 224 Å². The number of ether oxygens (including phenoxy) is 1. The Morgan fingerprint density at radius 1 is 1.13 bits per heavy atom. The van der Waals surface area contributed by atoms with E-state index in [1.807, 2.05) is 17.0 Å². The molecular formula is C29H32ClF4NO3. The number of halogens is 5. The Hall–Kier alpha value is -2.32. The highest BCUT2D eigenvalue weighted by Gasteiger charge is 2.43. The second-order valence-electron chi connectivity index (χ2n) is 11.2. The van der Waals surface area contributed by atoms with Crippen LogP contribution in [0, 0.1) is 17.7 Å². The lowest BCUT2D eigenvalue weighted by Gasteiger charge is -2.46. The van der Waals surface area contributed by atoms with Gasteiger partial charge in [-0.25, -0.2) is 4.39 Å². The molecule has 206 valence electrons. The number of alkyl halides is 3. The van der Waals surface area contributed by atoms with Crippen LogP contribution in [0.5, 0.6) is 5.75 Å². The number of benzene rings is 2. The Kier molecular flexibility index (Phi) is 7.18. The zero-order valence-electron chi connectivity index (χ0n) is 21.5. The Morgan fingerprint density at radius 3 is 2.42 bits per heavy atom. The third-order valence-electron chi connectivity index (χ3n) is 8.80. The van der Waals surface area contributed by atoms with Gasteiger partial charge in [-0.05, 0) is 86.6 Å². The summed E-state index contributed by atoms with van der Waals surface area (Å²) in [5.74, 6) is -0.954. The maximum Gasteiger partial charge on any atom is 0.416 e. The van der Waals surface area contributed by atoms with Crippen molar-refractivity contribution in [3.05, 3.63) is 63.4 Å². The number of aliphatic carboxylic acids is 1. The predicted molar refractivity (Wildman–Crippen MR) is 136 cm³/mol. The molecule has 3 atom stereocenters. The normalized spacial score (nSPS) is 21.9. The maximum absolute atomic E-state index is 14.8. The first-order chi connectivity index (χ1) is 17.9. The lowest BCUT2D eigenvalue weighted by atomic mass is 9.80. The fraction of sp³-hybridized carbons (Fsp3) is 0.552. The first-order valence-corrected chi connectivity index (χ1v) is 13.6. The maximum atomic E-state index is 14.8. The van der Waals surface area contributed by atoms with Crippen LogP contribution >= 0.6 is 11.6 Å². The van der Waals surface area contributed by atoms with Crippen LogP contribution in [0.1, 0.15) is 80.2 Å². The number of carbonyl (C=O) groups is 1. The number of nitrogens with zero attached hydrogens (tertiary/aromatic N) is 1. The molecule has 9 heteroatoms. The van der Waals surface area contributed by atoms with Crippen molar-refractivity contribution in [1.82, 2.24) is 4.90 Å². The molecule has 4 nitrogen and oxygen atoms in total. The second kappa shape index (κ2) is 10.0. The molecule has 0 bridgehead atoms. The lowest BCUT2D eigenvalue weighted by molar-refractivity contribution is -0.142. The van der Waals surface area contributed by atoms with Crippen LogP contribution < -0.4 is 4.74 Å². The van der Waals surface area contributed by atoms with Crippen LogP contribution in [0.25, 0.3) is 0 Å². The molecule has 1 N–H and O–H groups in total. The molecule has 3 aliphatic rings. The summed E-state index contributed by atoms with van der Waals surface area (Å²) in [6.45, 7) is 4.57. The summed E-state index contributed by atoms with van der Waals surface area (Å²) < 4.78 is 61.3. The van der Waals surface area contributed by atoms with Crippen LogP contribution in [-0.2, 0) is 17.4 Å². The molecule has 2 unspecified atom stereocenters. The van der Waals surface area contributed by atoms with Crippen LogP contribution in [0.2, 0.25) is 5.02 Å². The van der Waals surface area contributed by atoms with Gasteiger partial charge in [0.1, 0.15) is 17.2 Å². The topological polar surface area (TPSA) is 49.8 Å².